The molecule has 84 valence electrons. The van der Waals surface area contributed by atoms with E-state index in [1.165, 1.54) is 13.0 Å². The van der Waals surface area contributed by atoms with Crippen LogP contribution in [0.15, 0.2) is 12.2 Å². The Hall–Kier alpha value is 0.0800. The van der Waals surface area contributed by atoms with Crippen LogP contribution in [0.1, 0.15) is 6.92 Å². The van der Waals surface area contributed by atoms with Gasteiger partial charge in [-0.25, -0.2) is 4.79 Å². The Labute approximate surface area is 110 Å². The molecule has 0 saturated heterocycles. The first-order valence-electron chi connectivity index (χ1n) is 3.79. The van der Waals surface area contributed by atoms with Crippen molar-refractivity contribution in [2.24, 2.45) is 0 Å². The summed E-state index contributed by atoms with van der Waals surface area (Å²) in [4.78, 5) is 10.7. The molecule has 0 spiro atoms. The second-order valence-corrected chi connectivity index (χ2v) is 4.08. The summed E-state index contributed by atoms with van der Waals surface area (Å²) >= 11 is 0. The maximum atomic E-state index is 10.9. The molecule has 0 aromatic carbocycles. The van der Waals surface area contributed by atoms with Gasteiger partial charge in [0.2, 0.25) is 0 Å². The van der Waals surface area contributed by atoms with Crippen LogP contribution in [0, 0.1) is 0 Å². The zero-order chi connectivity index (χ0) is 11.2. The monoisotopic (exact) mass is 248 g/mol. The first-order valence-corrected chi connectivity index (χ1v) is 5.36. The van der Waals surface area contributed by atoms with Gasteiger partial charge in [-0.05, 0) is 6.92 Å². The number of hydrogen-bond donors (Lipinski definition) is 2. The summed E-state index contributed by atoms with van der Waals surface area (Å²) in [5.74, 6) is -1.84. The van der Waals surface area contributed by atoms with Crippen LogP contribution in [0.5, 0.6) is 0 Å². The number of carbonyl (C=O) groups is 1. The van der Waals surface area contributed by atoms with Gasteiger partial charge in [0.15, 0.2) is 0 Å². The summed E-state index contributed by atoms with van der Waals surface area (Å²) in [5, 5.41) is 17.2. The van der Waals surface area contributed by atoms with Crippen molar-refractivity contribution in [1.29, 1.82) is 0 Å². The van der Waals surface area contributed by atoms with E-state index in [4.69, 9.17) is 10.2 Å². The molecule has 0 aliphatic rings. The quantitative estimate of drug-likeness (QED) is 0.336. The Morgan fingerprint density at radius 2 is 2.07 bits per heavy atom. The van der Waals surface area contributed by atoms with Crippen molar-refractivity contribution in [2.45, 2.75) is 13.0 Å². The molecule has 0 fully saturated rings. The molecular weight excluding hydrogens is 235 g/mol. The molecule has 0 heterocycles. The summed E-state index contributed by atoms with van der Waals surface area (Å²) in [6.07, 6.45) is 0.807. The van der Waals surface area contributed by atoms with E-state index >= 15 is 0 Å². The predicted octanol–water partition coefficient (Wildman–Crippen LogP) is -1.86. The average Bonchev–Trinajstić information content (AvgIpc) is 2.02. The second kappa shape index (κ2) is 8.26. The number of aliphatic hydroxyl groups is 2. The first-order chi connectivity index (χ1) is 6.41. The third-order valence-electron chi connectivity index (χ3n) is 1.12. The molecule has 0 aromatic heterocycles. The fourth-order valence-electron chi connectivity index (χ4n) is 0.611. The van der Waals surface area contributed by atoms with Crippen molar-refractivity contribution < 1.29 is 27.6 Å². The van der Waals surface area contributed by atoms with Gasteiger partial charge in [-0.2, -0.15) is 8.42 Å². The van der Waals surface area contributed by atoms with Crippen molar-refractivity contribution >= 4 is 45.6 Å². The molecule has 1 atom stereocenters. The summed E-state index contributed by atoms with van der Waals surface area (Å²) in [7, 11) is -4.13. The molecule has 6 nitrogen and oxygen atoms in total. The minimum atomic E-state index is -4.13. The standard InChI is InChI=1S/C7H12O6S.Na.H/c1-2-3-7(10)13-14(11,12)5-6(9)4-8;;/h2-3,6,8-9H,4-5H2,1H3;;. The molecule has 0 aliphatic carbocycles. The van der Waals surface area contributed by atoms with Crippen molar-refractivity contribution in [3.05, 3.63) is 12.2 Å². The molecule has 8 heteroatoms. The molecule has 0 rings (SSSR count). The van der Waals surface area contributed by atoms with Crippen LogP contribution in [-0.2, 0) is 19.1 Å². The van der Waals surface area contributed by atoms with Crippen molar-refractivity contribution in [3.63, 3.8) is 0 Å². The van der Waals surface area contributed by atoms with Crippen LogP contribution in [0.3, 0.4) is 0 Å². The molecule has 1 unspecified atom stereocenters. The fraction of sp³-hybridized carbons (Fsp3) is 0.571. The zero-order valence-electron chi connectivity index (χ0n) is 7.58. The molecule has 0 amide bonds. The Morgan fingerprint density at radius 1 is 1.53 bits per heavy atom. The molecule has 15 heavy (non-hydrogen) atoms. The van der Waals surface area contributed by atoms with Crippen LogP contribution in [0.4, 0.5) is 0 Å². The van der Waals surface area contributed by atoms with Crippen molar-refractivity contribution in [1.82, 2.24) is 0 Å². The van der Waals surface area contributed by atoms with Gasteiger partial charge in [-0.1, -0.05) is 6.08 Å². The van der Waals surface area contributed by atoms with Gasteiger partial charge in [-0.15, -0.1) is 0 Å². The summed E-state index contributed by atoms with van der Waals surface area (Å²) in [6, 6.07) is 0. The molecule has 0 bridgehead atoms. The predicted molar refractivity (Wildman–Crippen MR) is 54.9 cm³/mol. The van der Waals surface area contributed by atoms with Crippen molar-refractivity contribution in [3.8, 4) is 0 Å². The Bertz CT molecular complexity index is 309. The molecule has 0 aliphatic heterocycles. The number of allylic oxidation sites excluding steroid dienone is 1. The van der Waals surface area contributed by atoms with Crippen LogP contribution < -0.4 is 0 Å². The Morgan fingerprint density at radius 3 is 2.47 bits per heavy atom. The van der Waals surface area contributed by atoms with E-state index in [1.54, 1.807) is 0 Å². The SMILES string of the molecule is CC=CC(=O)OS(=O)(=O)CC(O)CO.[NaH]. The minimum absolute atomic E-state index is 0. The van der Waals surface area contributed by atoms with E-state index in [-0.39, 0.29) is 29.6 Å². The van der Waals surface area contributed by atoms with E-state index in [2.05, 4.69) is 4.18 Å². The van der Waals surface area contributed by atoms with Gasteiger partial charge < -0.3 is 14.4 Å². The third-order valence-corrected chi connectivity index (χ3v) is 2.33. The average molecular weight is 248 g/mol. The van der Waals surface area contributed by atoms with E-state index in [0.717, 1.165) is 6.08 Å². The van der Waals surface area contributed by atoms with Gasteiger partial charge in [0.1, 0.15) is 5.75 Å². The van der Waals surface area contributed by atoms with Gasteiger partial charge in [0.25, 0.3) is 0 Å². The van der Waals surface area contributed by atoms with E-state index in [0.29, 0.717) is 0 Å². The van der Waals surface area contributed by atoms with Gasteiger partial charge in [0, 0.05) is 6.08 Å². The van der Waals surface area contributed by atoms with E-state index in [9.17, 15) is 13.2 Å². The van der Waals surface area contributed by atoms with Crippen LogP contribution in [-0.4, -0.2) is 72.6 Å². The molecule has 0 saturated carbocycles. The molecule has 0 aromatic rings. The normalized spacial score (nSPS) is 13.3. The maximum absolute atomic E-state index is 10.9. The Kier molecular flexibility index (Phi) is 9.62. The fourth-order valence-corrected chi connectivity index (χ4v) is 1.56. The number of aliphatic hydroxyl groups excluding tert-OH is 2. The van der Waals surface area contributed by atoms with Gasteiger partial charge >= 0.3 is 45.6 Å². The number of rotatable bonds is 5. The zero-order valence-corrected chi connectivity index (χ0v) is 8.40. The van der Waals surface area contributed by atoms with Crippen molar-refractivity contribution in [2.75, 3.05) is 12.4 Å². The Balaban J connectivity index is 0. The summed E-state index contributed by atoms with van der Waals surface area (Å²) < 4.78 is 25.9. The van der Waals surface area contributed by atoms with E-state index in [1.807, 2.05) is 0 Å². The first kappa shape index (κ1) is 17.5. The topological polar surface area (TPSA) is 101 Å². The molecule has 2 N–H and O–H groups in total. The molecule has 0 radical (unpaired) electrons. The number of hydrogen-bond acceptors (Lipinski definition) is 6. The molecular formula is C7H13NaO6S. The van der Waals surface area contributed by atoms with Gasteiger partial charge in [0.05, 0.1) is 12.7 Å². The second-order valence-electron chi connectivity index (χ2n) is 2.46. The number of carbonyl (C=O) groups excluding carboxylic acids is 1. The van der Waals surface area contributed by atoms with Crippen LogP contribution in [0.2, 0.25) is 0 Å². The summed E-state index contributed by atoms with van der Waals surface area (Å²) in [5.41, 5.74) is 0. The third kappa shape index (κ3) is 9.04. The van der Waals surface area contributed by atoms with Gasteiger partial charge in [-0.3, -0.25) is 0 Å². The van der Waals surface area contributed by atoms with Crippen LogP contribution >= 0.6 is 0 Å². The van der Waals surface area contributed by atoms with E-state index < -0.39 is 34.6 Å². The summed E-state index contributed by atoms with van der Waals surface area (Å²) in [6.45, 7) is 0.816. The van der Waals surface area contributed by atoms with Crippen LogP contribution in [0.25, 0.3) is 0 Å².